The van der Waals surface area contributed by atoms with Crippen molar-refractivity contribution in [3.05, 3.63) is 41.0 Å². The first-order valence-electron chi connectivity index (χ1n) is 14.1. The first-order chi connectivity index (χ1) is 19.3. The number of aryl methyl sites for hydroxylation is 1. The molecule has 3 rings (SSSR count). The molecule has 3 amide bonds. The van der Waals surface area contributed by atoms with Crippen LogP contribution in [0.15, 0.2) is 29.8 Å². The van der Waals surface area contributed by atoms with Crippen LogP contribution in [0.5, 0.6) is 0 Å². The van der Waals surface area contributed by atoms with Crippen LogP contribution < -0.4 is 10.6 Å². The minimum Gasteiger partial charge on any atom is -0.481 e. The Labute approximate surface area is 245 Å². The van der Waals surface area contributed by atoms with Gasteiger partial charge < -0.3 is 15.5 Å². The fraction of sp³-hybridized carbons (Fsp3) is 0.567. The Morgan fingerprint density at radius 2 is 1.73 bits per heavy atom. The number of aliphatic hydroxyl groups excluding tert-OH is 1. The van der Waals surface area contributed by atoms with E-state index in [0.29, 0.717) is 25.9 Å². The fourth-order valence-electron chi connectivity index (χ4n) is 5.00. The molecule has 11 heteroatoms. The van der Waals surface area contributed by atoms with Crippen LogP contribution in [0.2, 0.25) is 0 Å². The topological polar surface area (TPSA) is 149 Å². The van der Waals surface area contributed by atoms with Crippen molar-refractivity contribution in [3.8, 4) is 10.4 Å². The Morgan fingerprint density at radius 1 is 1.07 bits per heavy atom. The second kappa shape index (κ2) is 14.7. The molecule has 0 unspecified atom stereocenters. The second-order valence-corrected chi connectivity index (χ2v) is 12.7. The van der Waals surface area contributed by atoms with Gasteiger partial charge in [-0.15, -0.1) is 11.3 Å². The minimum atomic E-state index is -0.923. The number of carbonyl (C=O) groups is 4. The lowest BCUT2D eigenvalue weighted by molar-refractivity contribution is -0.138. The highest BCUT2D eigenvalue weighted by atomic mass is 32.1. The van der Waals surface area contributed by atoms with Gasteiger partial charge in [0.15, 0.2) is 0 Å². The standard InChI is InChI=1S/C30H42N4O6S/c1-19-26(41-18-31-19)21-13-11-20(12-14-21)16-34-17-22(35)15-23(34)28(39)33-29(40)27(30(2,3)4)32-24(36)9-7-5-6-8-10-25(37)38/h11-14,18,22-23,27,35H,5-10,15-17H2,1-4H3,(H,32,36)(H,37,38)(H,33,39,40)/t22-,23+,27-/m1/s1. The van der Waals surface area contributed by atoms with Crippen LogP contribution in [0.1, 0.15) is 77.0 Å². The predicted molar refractivity (Wildman–Crippen MR) is 157 cm³/mol. The molecule has 1 fully saturated rings. The lowest BCUT2D eigenvalue weighted by Gasteiger charge is -2.31. The molecule has 2 aromatic rings. The van der Waals surface area contributed by atoms with E-state index in [1.165, 1.54) is 0 Å². The summed E-state index contributed by atoms with van der Waals surface area (Å²) in [5.41, 5.74) is 4.21. The van der Waals surface area contributed by atoms with Gasteiger partial charge in [0.2, 0.25) is 17.7 Å². The summed E-state index contributed by atoms with van der Waals surface area (Å²) in [5, 5.41) is 24.3. The van der Waals surface area contributed by atoms with Crippen LogP contribution in [0.3, 0.4) is 0 Å². The summed E-state index contributed by atoms with van der Waals surface area (Å²) in [5.74, 6) is -2.20. The molecule has 3 atom stereocenters. The average molecular weight is 587 g/mol. The molecule has 4 N–H and O–H groups in total. The third-order valence-corrected chi connectivity index (χ3v) is 8.23. The van der Waals surface area contributed by atoms with E-state index in [0.717, 1.165) is 34.5 Å². The molecule has 10 nitrogen and oxygen atoms in total. The summed E-state index contributed by atoms with van der Waals surface area (Å²) >= 11 is 1.58. The van der Waals surface area contributed by atoms with Gasteiger partial charge in [-0.2, -0.15) is 0 Å². The molecule has 0 bridgehead atoms. The van der Waals surface area contributed by atoms with Crippen molar-refractivity contribution >= 4 is 35.0 Å². The van der Waals surface area contributed by atoms with Crippen LogP contribution in [0.4, 0.5) is 0 Å². The maximum Gasteiger partial charge on any atom is 0.303 e. The smallest absolute Gasteiger partial charge is 0.303 e. The minimum absolute atomic E-state index is 0.113. The number of carbonyl (C=O) groups excluding carboxylic acids is 3. The van der Waals surface area contributed by atoms with Crippen molar-refractivity contribution < 1.29 is 29.4 Å². The molecule has 1 aliphatic rings. The number of unbranched alkanes of at least 4 members (excludes halogenated alkanes) is 3. The second-order valence-electron chi connectivity index (χ2n) is 11.8. The van der Waals surface area contributed by atoms with Crippen LogP contribution in [0.25, 0.3) is 10.4 Å². The number of carboxylic acid groups (broad SMARTS) is 1. The van der Waals surface area contributed by atoms with E-state index in [1.807, 2.05) is 62.4 Å². The summed E-state index contributed by atoms with van der Waals surface area (Å²) in [7, 11) is 0. The molecular formula is C30H42N4O6S. The molecule has 41 heavy (non-hydrogen) atoms. The third-order valence-electron chi connectivity index (χ3n) is 7.26. The zero-order chi connectivity index (χ0) is 30.2. The predicted octanol–water partition coefficient (Wildman–Crippen LogP) is 3.65. The highest BCUT2D eigenvalue weighted by Gasteiger charge is 2.39. The molecule has 0 saturated carbocycles. The number of aliphatic hydroxyl groups is 1. The molecule has 224 valence electrons. The number of β-amino-alcohol motifs (C(OH)–C–C–N with tert-alkyl or cyclic N) is 1. The van der Waals surface area contributed by atoms with Crippen LogP contribution in [-0.4, -0.2) is 68.5 Å². The molecule has 1 saturated heterocycles. The highest BCUT2D eigenvalue weighted by molar-refractivity contribution is 7.13. The lowest BCUT2D eigenvalue weighted by atomic mass is 9.86. The summed E-state index contributed by atoms with van der Waals surface area (Å²) in [6, 6.07) is 6.43. The first-order valence-corrected chi connectivity index (χ1v) is 15.0. The van der Waals surface area contributed by atoms with Crippen molar-refractivity contribution in [1.82, 2.24) is 20.5 Å². The Kier molecular flexibility index (Phi) is 11.6. The lowest BCUT2D eigenvalue weighted by Crippen LogP contribution is -2.56. The molecule has 1 aliphatic heterocycles. The van der Waals surface area contributed by atoms with E-state index >= 15 is 0 Å². The Balaban J connectivity index is 1.56. The van der Waals surface area contributed by atoms with Gasteiger partial charge in [-0.1, -0.05) is 57.9 Å². The van der Waals surface area contributed by atoms with Crippen LogP contribution >= 0.6 is 11.3 Å². The summed E-state index contributed by atoms with van der Waals surface area (Å²) in [4.78, 5) is 56.9. The van der Waals surface area contributed by atoms with Crippen LogP contribution in [-0.2, 0) is 25.7 Å². The van der Waals surface area contributed by atoms with Gasteiger partial charge >= 0.3 is 5.97 Å². The normalized spacial score (nSPS) is 18.2. The first kappa shape index (κ1) is 32.4. The van der Waals surface area contributed by atoms with Gasteiger partial charge in [-0.25, -0.2) is 4.98 Å². The number of aromatic nitrogens is 1. The van der Waals surface area contributed by atoms with E-state index in [-0.39, 0.29) is 25.2 Å². The van der Waals surface area contributed by atoms with Crippen molar-refractivity contribution in [2.75, 3.05) is 6.54 Å². The Bertz CT molecular complexity index is 1210. The Hall–Kier alpha value is -3.15. The summed E-state index contributed by atoms with van der Waals surface area (Å²) in [6.45, 7) is 8.18. The third kappa shape index (κ3) is 9.72. The van der Waals surface area contributed by atoms with Crippen molar-refractivity contribution in [1.29, 1.82) is 0 Å². The molecule has 0 radical (unpaired) electrons. The zero-order valence-corrected chi connectivity index (χ0v) is 25.1. The molecular weight excluding hydrogens is 544 g/mol. The number of thiazole rings is 1. The van der Waals surface area contributed by atoms with Gasteiger partial charge in [0, 0.05) is 25.9 Å². The van der Waals surface area contributed by atoms with E-state index in [4.69, 9.17) is 5.11 Å². The maximum atomic E-state index is 13.2. The molecule has 0 aliphatic carbocycles. The van der Waals surface area contributed by atoms with E-state index in [1.54, 1.807) is 11.3 Å². The number of nitrogens with one attached hydrogen (secondary N) is 2. The fourth-order valence-corrected chi connectivity index (χ4v) is 5.81. The molecule has 2 heterocycles. The monoisotopic (exact) mass is 586 g/mol. The number of rotatable bonds is 13. The average Bonchev–Trinajstić information content (AvgIpc) is 3.49. The number of hydrogen-bond acceptors (Lipinski definition) is 8. The SMILES string of the molecule is Cc1ncsc1-c1ccc(CN2C[C@H](O)C[C@H]2C(=O)NC(=O)[C@@H](NC(=O)CCCCCCC(=O)O)C(C)(C)C)cc1. The largest absolute Gasteiger partial charge is 0.481 e. The zero-order valence-electron chi connectivity index (χ0n) is 24.3. The highest BCUT2D eigenvalue weighted by Crippen LogP contribution is 2.28. The summed E-state index contributed by atoms with van der Waals surface area (Å²) in [6.07, 6.45) is 2.45. The van der Waals surface area contributed by atoms with Crippen LogP contribution in [0, 0.1) is 12.3 Å². The van der Waals surface area contributed by atoms with E-state index < -0.39 is 41.4 Å². The Morgan fingerprint density at radius 3 is 2.32 bits per heavy atom. The van der Waals surface area contributed by atoms with Crippen molar-refractivity contribution in [2.24, 2.45) is 5.41 Å². The number of likely N-dealkylation sites (tertiary alicyclic amines) is 1. The number of carboxylic acids is 1. The van der Waals surface area contributed by atoms with E-state index in [2.05, 4.69) is 15.6 Å². The maximum absolute atomic E-state index is 13.2. The molecule has 1 aromatic carbocycles. The van der Waals surface area contributed by atoms with Gasteiger partial charge in [-0.3, -0.25) is 29.4 Å². The van der Waals surface area contributed by atoms with Crippen molar-refractivity contribution in [3.63, 3.8) is 0 Å². The van der Waals surface area contributed by atoms with Gasteiger partial charge in [0.25, 0.3) is 0 Å². The number of amides is 3. The number of aliphatic carboxylic acids is 1. The summed E-state index contributed by atoms with van der Waals surface area (Å²) < 4.78 is 0. The van der Waals surface area contributed by atoms with Gasteiger partial charge in [0.1, 0.15) is 6.04 Å². The number of hydrogen-bond donors (Lipinski definition) is 4. The molecule has 1 aromatic heterocycles. The molecule has 0 spiro atoms. The van der Waals surface area contributed by atoms with Gasteiger partial charge in [0.05, 0.1) is 28.2 Å². The van der Waals surface area contributed by atoms with E-state index in [9.17, 15) is 24.3 Å². The van der Waals surface area contributed by atoms with Crippen molar-refractivity contribution in [2.45, 2.75) is 97.4 Å². The number of imide groups is 1. The quantitative estimate of drug-likeness (QED) is 0.260. The number of benzene rings is 1. The number of nitrogens with zero attached hydrogens (tertiary/aromatic N) is 2. The van der Waals surface area contributed by atoms with Gasteiger partial charge in [-0.05, 0) is 42.7 Å².